The zero-order valence-corrected chi connectivity index (χ0v) is 10.1. The molecule has 2 rings (SSSR count). The molecule has 1 aliphatic rings. The Hall–Kier alpha value is -0.900. The molecule has 1 fully saturated rings. The Kier molecular flexibility index (Phi) is 2.78. The highest BCUT2D eigenvalue weighted by atomic mass is 79.9. The highest BCUT2D eigenvalue weighted by Crippen LogP contribution is 2.48. The first-order valence-corrected chi connectivity index (χ1v) is 5.78. The average Bonchev–Trinajstić information content (AvgIpc) is 2.99. The number of ether oxygens (including phenoxy) is 1. The summed E-state index contributed by atoms with van der Waals surface area (Å²) < 4.78 is 5.83. The van der Waals surface area contributed by atoms with Gasteiger partial charge in [0.1, 0.15) is 10.0 Å². The number of hydrogen-bond acceptors (Lipinski definition) is 3. The summed E-state index contributed by atoms with van der Waals surface area (Å²) in [4.78, 5) is 16.1. The fourth-order valence-corrected chi connectivity index (χ4v) is 1.98. The SMILES string of the molecule is CCOC(=O)C1(c2cccc(Br)n2)CC1. The summed E-state index contributed by atoms with van der Waals surface area (Å²) in [5.41, 5.74) is 0.357. The topological polar surface area (TPSA) is 39.2 Å². The number of aromatic nitrogens is 1. The van der Waals surface area contributed by atoms with Crippen LogP contribution in [0.25, 0.3) is 0 Å². The number of nitrogens with zero attached hydrogens (tertiary/aromatic N) is 1. The average molecular weight is 270 g/mol. The maximum absolute atomic E-state index is 11.8. The van der Waals surface area contributed by atoms with E-state index in [0.29, 0.717) is 6.61 Å². The van der Waals surface area contributed by atoms with E-state index in [2.05, 4.69) is 20.9 Å². The number of halogens is 1. The largest absolute Gasteiger partial charge is 0.465 e. The van der Waals surface area contributed by atoms with Gasteiger partial charge in [-0.3, -0.25) is 4.79 Å². The van der Waals surface area contributed by atoms with Gasteiger partial charge in [0.2, 0.25) is 0 Å². The molecule has 0 bridgehead atoms. The molecule has 0 saturated heterocycles. The molecule has 0 aliphatic heterocycles. The molecule has 0 atom stereocenters. The van der Waals surface area contributed by atoms with Crippen LogP contribution < -0.4 is 0 Å². The summed E-state index contributed by atoms with van der Waals surface area (Å²) in [6.45, 7) is 2.25. The minimum Gasteiger partial charge on any atom is -0.465 e. The lowest BCUT2D eigenvalue weighted by molar-refractivity contribution is -0.146. The van der Waals surface area contributed by atoms with Crippen molar-refractivity contribution in [1.29, 1.82) is 0 Å². The lowest BCUT2D eigenvalue weighted by atomic mass is 10.0. The van der Waals surface area contributed by atoms with Gasteiger partial charge in [0.05, 0.1) is 12.3 Å². The van der Waals surface area contributed by atoms with Crippen LogP contribution in [0.1, 0.15) is 25.5 Å². The van der Waals surface area contributed by atoms with Gasteiger partial charge >= 0.3 is 5.97 Å². The van der Waals surface area contributed by atoms with E-state index in [4.69, 9.17) is 4.74 Å². The van der Waals surface area contributed by atoms with Crippen LogP contribution in [0, 0.1) is 0 Å². The Labute approximate surface area is 97.0 Å². The Morgan fingerprint density at radius 1 is 1.60 bits per heavy atom. The van der Waals surface area contributed by atoms with E-state index in [9.17, 15) is 4.79 Å². The van der Waals surface area contributed by atoms with Crippen LogP contribution in [0.2, 0.25) is 0 Å². The van der Waals surface area contributed by atoms with Crippen molar-refractivity contribution in [3.8, 4) is 0 Å². The van der Waals surface area contributed by atoms with E-state index in [-0.39, 0.29) is 5.97 Å². The number of esters is 1. The Morgan fingerprint density at radius 3 is 2.87 bits per heavy atom. The minimum absolute atomic E-state index is 0.143. The van der Waals surface area contributed by atoms with Crippen molar-refractivity contribution >= 4 is 21.9 Å². The third-order valence-electron chi connectivity index (χ3n) is 2.62. The smallest absolute Gasteiger partial charge is 0.318 e. The van der Waals surface area contributed by atoms with Gasteiger partial charge in [0.25, 0.3) is 0 Å². The molecule has 1 heterocycles. The number of rotatable bonds is 3. The number of hydrogen-bond donors (Lipinski definition) is 0. The number of pyridine rings is 1. The van der Waals surface area contributed by atoms with Crippen molar-refractivity contribution in [3.05, 3.63) is 28.5 Å². The summed E-state index contributed by atoms with van der Waals surface area (Å²) in [5.74, 6) is -0.143. The highest BCUT2D eigenvalue weighted by molar-refractivity contribution is 9.10. The molecule has 1 saturated carbocycles. The summed E-state index contributed by atoms with van der Waals surface area (Å²) in [5, 5.41) is 0. The van der Waals surface area contributed by atoms with Crippen molar-refractivity contribution < 1.29 is 9.53 Å². The van der Waals surface area contributed by atoms with Crippen LogP contribution >= 0.6 is 15.9 Å². The normalized spacial score (nSPS) is 17.2. The maximum atomic E-state index is 11.8. The number of carbonyl (C=O) groups is 1. The first-order valence-electron chi connectivity index (χ1n) is 4.99. The molecule has 1 aromatic heterocycles. The standard InChI is InChI=1S/C11H12BrNO2/c1-2-15-10(14)11(6-7-11)8-4-3-5-9(12)13-8/h3-5H,2,6-7H2,1H3. The van der Waals surface area contributed by atoms with Gasteiger partial charge in [-0.25, -0.2) is 4.98 Å². The quantitative estimate of drug-likeness (QED) is 0.625. The van der Waals surface area contributed by atoms with E-state index < -0.39 is 5.41 Å². The maximum Gasteiger partial charge on any atom is 0.318 e. The van der Waals surface area contributed by atoms with Crippen molar-refractivity contribution in [2.45, 2.75) is 25.2 Å². The van der Waals surface area contributed by atoms with Gasteiger partial charge in [-0.15, -0.1) is 0 Å². The van der Waals surface area contributed by atoms with Gasteiger partial charge in [-0.2, -0.15) is 0 Å². The zero-order valence-electron chi connectivity index (χ0n) is 8.50. The Bertz CT molecular complexity index is 388. The lowest BCUT2D eigenvalue weighted by Crippen LogP contribution is -2.24. The summed E-state index contributed by atoms with van der Waals surface area (Å²) in [7, 11) is 0. The second-order valence-electron chi connectivity index (χ2n) is 3.65. The number of carbonyl (C=O) groups excluding carboxylic acids is 1. The van der Waals surface area contributed by atoms with E-state index in [1.165, 1.54) is 0 Å². The van der Waals surface area contributed by atoms with E-state index in [0.717, 1.165) is 23.1 Å². The van der Waals surface area contributed by atoms with Gasteiger partial charge < -0.3 is 4.74 Å². The molecule has 1 aliphatic carbocycles. The van der Waals surface area contributed by atoms with Crippen LogP contribution in [0.5, 0.6) is 0 Å². The van der Waals surface area contributed by atoms with Crippen LogP contribution in [0.15, 0.2) is 22.8 Å². The second-order valence-corrected chi connectivity index (χ2v) is 4.46. The third kappa shape index (κ3) is 1.91. The van der Waals surface area contributed by atoms with Crippen LogP contribution in [-0.2, 0) is 14.9 Å². The third-order valence-corrected chi connectivity index (χ3v) is 3.06. The summed E-state index contributed by atoms with van der Waals surface area (Å²) >= 11 is 3.31. The fourth-order valence-electron chi connectivity index (χ4n) is 1.63. The predicted octanol–water partition coefficient (Wildman–Crippen LogP) is 2.44. The van der Waals surface area contributed by atoms with Gasteiger partial charge in [0.15, 0.2) is 0 Å². The molecule has 4 heteroatoms. The van der Waals surface area contributed by atoms with Crippen molar-refractivity contribution in [2.75, 3.05) is 6.61 Å². The molecule has 1 aromatic rings. The fraction of sp³-hybridized carbons (Fsp3) is 0.455. The summed E-state index contributed by atoms with van der Waals surface area (Å²) in [6, 6.07) is 5.63. The zero-order chi connectivity index (χ0) is 10.9. The Morgan fingerprint density at radius 2 is 2.33 bits per heavy atom. The molecule has 80 valence electrons. The first-order chi connectivity index (χ1) is 7.19. The molecule has 0 radical (unpaired) electrons. The predicted molar refractivity (Wildman–Crippen MR) is 59.5 cm³/mol. The molecule has 3 nitrogen and oxygen atoms in total. The van der Waals surface area contributed by atoms with Gasteiger partial charge in [-0.05, 0) is 47.8 Å². The van der Waals surface area contributed by atoms with Crippen LogP contribution in [0.4, 0.5) is 0 Å². The molecular weight excluding hydrogens is 258 g/mol. The van der Waals surface area contributed by atoms with E-state index >= 15 is 0 Å². The lowest BCUT2D eigenvalue weighted by Gasteiger charge is -2.12. The van der Waals surface area contributed by atoms with Crippen molar-refractivity contribution in [3.63, 3.8) is 0 Å². The van der Waals surface area contributed by atoms with Gasteiger partial charge in [0, 0.05) is 0 Å². The molecular formula is C11H12BrNO2. The van der Waals surface area contributed by atoms with Crippen LogP contribution in [0.3, 0.4) is 0 Å². The van der Waals surface area contributed by atoms with Gasteiger partial charge in [-0.1, -0.05) is 6.07 Å². The van der Waals surface area contributed by atoms with E-state index in [1.54, 1.807) is 0 Å². The molecule has 0 unspecified atom stereocenters. The van der Waals surface area contributed by atoms with Crippen molar-refractivity contribution in [2.24, 2.45) is 0 Å². The molecule has 15 heavy (non-hydrogen) atoms. The molecule has 0 aromatic carbocycles. The molecule has 0 N–H and O–H groups in total. The highest BCUT2D eigenvalue weighted by Gasteiger charge is 2.54. The van der Waals surface area contributed by atoms with E-state index in [1.807, 2.05) is 25.1 Å². The summed E-state index contributed by atoms with van der Waals surface area (Å²) in [6.07, 6.45) is 1.69. The monoisotopic (exact) mass is 269 g/mol. The molecule has 0 spiro atoms. The first kappa shape index (κ1) is 10.6. The van der Waals surface area contributed by atoms with Crippen LogP contribution in [-0.4, -0.2) is 17.6 Å². The minimum atomic E-state index is -0.459. The molecule has 0 amide bonds. The van der Waals surface area contributed by atoms with Crippen molar-refractivity contribution in [1.82, 2.24) is 4.98 Å². The Balaban J connectivity index is 2.26. The second kappa shape index (κ2) is 3.93.